The lowest BCUT2D eigenvalue weighted by atomic mass is 9.93. The van der Waals surface area contributed by atoms with Gasteiger partial charge in [-0.3, -0.25) is 4.79 Å². The fourth-order valence-electron chi connectivity index (χ4n) is 2.07. The molecule has 1 fully saturated rings. The molecule has 0 aromatic carbocycles. The van der Waals surface area contributed by atoms with Crippen LogP contribution in [0, 0.1) is 5.41 Å². The van der Waals surface area contributed by atoms with Gasteiger partial charge in [-0.1, -0.05) is 6.92 Å². The Morgan fingerprint density at radius 1 is 1.56 bits per heavy atom. The molecule has 1 aliphatic rings. The first-order chi connectivity index (χ1) is 7.49. The molecule has 0 aromatic rings. The Hall–Kier alpha value is -0.220. The molecular formula is C12H23NO2S. The van der Waals surface area contributed by atoms with E-state index in [1.807, 2.05) is 25.6 Å². The Balaban J connectivity index is 2.49. The number of esters is 1. The predicted molar refractivity (Wildman–Crippen MR) is 68.8 cm³/mol. The van der Waals surface area contributed by atoms with Crippen LogP contribution in [0.3, 0.4) is 0 Å². The largest absolute Gasteiger partial charge is 0.469 e. The molecule has 0 radical (unpaired) electrons. The van der Waals surface area contributed by atoms with Gasteiger partial charge in [0.2, 0.25) is 0 Å². The van der Waals surface area contributed by atoms with Crippen LogP contribution in [0.25, 0.3) is 0 Å². The third kappa shape index (κ3) is 3.67. The van der Waals surface area contributed by atoms with E-state index in [-0.39, 0.29) is 5.97 Å². The van der Waals surface area contributed by atoms with Gasteiger partial charge in [0.1, 0.15) is 0 Å². The maximum atomic E-state index is 11.6. The molecule has 0 saturated carbocycles. The van der Waals surface area contributed by atoms with E-state index < -0.39 is 5.41 Å². The first-order valence-electron chi connectivity index (χ1n) is 5.92. The number of hydrogen-bond donors (Lipinski definition) is 0. The molecular weight excluding hydrogens is 222 g/mol. The molecule has 0 spiro atoms. The van der Waals surface area contributed by atoms with Gasteiger partial charge in [-0.2, -0.15) is 11.8 Å². The van der Waals surface area contributed by atoms with Crippen molar-refractivity contribution in [3.05, 3.63) is 0 Å². The van der Waals surface area contributed by atoms with E-state index >= 15 is 0 Å². The second-order valence-electron chi connectivity index (χ2n) is 5.01. The number of hydrogen-bond acceptors (Lipinski definition) is 4. The molecule has 0 aromatic heterocycles. The zero-order valence-corrected chi connectivity index (χ0v) is 11.6. The third-order valence-corrected chi connectivity index (χ3v) is 4.41. The molecule has 0 amide bonds. The molecule has 4 heteroatoms. The Labute approximate surface area is 103 Å². The van der Waals surface area contributed by atoms with Gasteiger partial charge in [0, 0.05) is 30.6 Å². The maximum Gasteiger partial charge on any atom is 0.312 e. The van der Waals surface area contributed by atoms with E-state index in [4.69, 9.17) is 4.74 Å². The van der Waals surface area contributed by atoms with Crippen molar-refractivity contribution in [2.24, 2.45) is 5.41 Å². The Morgan fingerprint density at radius 3 is 2.81 bits per heavy atom. The highest BCUT2D eigenvalue weighted by Gasteiger charge is 2.32. The van der Waals surface area contributed by atoms with Crippen LogP contribution in [0.5, 0.6) is 0 Å². The lowest BCUT2D eigenvalue weighted by Crippen LogP contribution is -2.45. The Kier molecular flexibility index (Phi) is 5.12. The third-order valence-electron chi connectivity index (χ3n) is 3.04. The van der Waals surface area contributed by atoms with Gasteiger partial charge >= 0.3 is 5.97 Å². The van der Waals surface area contributed by atoms with Crippen molar-refractivity contribution in [1.29, 1.82) is 0 Å². The summed E-state index contributed by atoms with van der Waals surface area (Å²) in [4.78, 5) is 14.0. The molecule has 0 bridgehead atoms. The van der Waals surface area contributed by atoms with Gasteiger partial charge in [-0.05, 0) is 20.3 Å². The summed E-state index contributed by atoms with van der Waals surface area (Å²) in [5, 5.41) is 0.724. The van der Waals surface area contributed by atoms with Crippen LogP contribution in [0.2, 0.25) is 0 Å². The maximum absolute atomic E-state index is 11.6. The second-order valence-corrected chi connectivity index (χ2v) is 6.42. The summed E-state index contributed by atoms with van der Waals surface area (Å²) in [6.07, 6.45) is 1.21. The summed E-state index contributed by atoms with van der Waals surface area (Å²) in [7, 11) is 1.46. The summed E-state index contributed by atoms with van der Waals surface area (Å²) >= 11 is 2.05. The molecule has 1 saturated heterocycles. The normalized spacial score (nSPS) is 23.1. The number of methoxy groups -OCH3 is 1. The first-order valence-corrected chi connectivity index (χ1v) is 6.97. The smallest absolute Gasteiger partial charge is 0.312 e. The highest BCUT2D eigenvalue weighted by Crippen LogP contribution is 2.25. The van der Waals surface area contributed by atoms with Crippen molar-refractivity contribution in [2.75, 3.05) is 32.5 Å². The molecule has 94 valence electrons. The number of thioether (sulfide) groups is 1. The average molecular weight is 245 g/mol. The number of rotatable bonds is 4. The van der Waals surface area contributed by atoms with E-state index in [1.54, 1.807) is 0 Å². The number of carbonyl (C=O) groups is 1. The van der Waals surface area contributed by atoms with Crippen LogP contribution in [0.15, 0.2) is 0 Å². The Bertz CT molecular complexity index is 243. The van der Waals surface area contributed by atoms with Gasteiger partial charge in [0.25, 0.3) is 0 Å². The average Bonchev–Trinajstić information content (AvgIpc) is 2.27. The van der Waals surface area contributed by atoms with E-state index in [0.29, 0.717) is 0 Å². The van der Waals surface area contributed by atoms with Crippen LogP contribution in [-0.4, -0.2) is 48.6 Å². The molecule has 1 heterocycles. The fraction of sp³-hybridized carbons (Fsp3) is 0.917. The lowest BCUT2D eigenvalue weighted by Gasteiger charge is -2.36. The van der Waals surface area contributed by atoms with Crippen molar-refractivity contribution in [2.45, 2.75) is 32.4 Å². The molecule has 0 aliphatic carbocycles. The highest BCUT2D eigenvalue weighted by molar-refractivity contribution is 8.00. The predicted octanol–water partition coefficient (Wildman–Crippen LogP) is 2.01. The molecule has 1 rings (SSSR count). The van der Waals surface area contributed by atoms with Crippen molar-refractivity contribution >= 4 is 17.7 Å². The number of carbonyl (C=O) groups excluding carboxylic acids is 1. The van der Waals surface area contributed by atoms with Gasteiger partial charge in [0.05, 0.1) is 12.5 Å². The van der Waals surface area contributed by atoms with Gasteiger partial charge < -0.3 is 9.64 Å². The lowest BCUT2D eigenvalue weighted by molar-refractivity contribution is -0.151. The van der Waals surface area contributed by atoms with Gasteiger partial charge in [-0.25, -0.2) is 0 Å². The highest BCUT2D eigenvalue weighted by atomic mass is 32.2. The first kappa shape index (κ1) is 13.8. The quantitative estimate of drug-likeness (QED) is 0.709. The summed E-state index contributed by atoms with van der Waals surface area (Å²) < 4.78 is 4.84. The van der Waals surface area contributed by atoms with Crippen molar-refractivity contribution < 1.29 is 9.53 Å². The summed E-state index contributed by atoms with van der Waals surface area (Å²) in [5.74, 6) is 1.06. The topological polar surface area (TPSA) is 29.5 Å². The van der Waals surface area contributed by atoms with Crippen LogP contribution in [0.4, 0.5) is 0 Å². The summed E-state index contributed by atoms with van der Waals surface area (Å²) in [6.45, 7) is 9.13. The van der Waals surface area contributed by atoms with Gasteiger partial charge in [-0.15, -0.1) is 0 Å². The monoisotopic (exact) mass is 245 g/mol. The van der Waals surface area contributed by atoms with E-state index in [1.165, 1.54) is 19.3 Å². The number of ether oxygens (including phenoxy) is 1. The standard InChI is InChI=1S/C12H23NO2S/c1-5-10-8-13(6-7-16-10)9-12(2,3)11(14)15-4/h10H,5-9H2,1-4H3. The zero-order valence-electron chi connectivity index (χ0n) is 10.8. The number of nitrogens with zero attached hydrogens (tertiary/aromatic N) is 1. The van der Waals surface area contributed by atoms with Crippen molar-refractivity contribution in [3.8, 4) is 0 Å². The fourth-order valence-corrected chi connectivity index (χ4v) is 3.32. The minimum absolute atomic E-state index is 0.112. The van der Waals surface area contributed by atoms with Gasteiger partial charge in [0.15, 0.2) is 0 Å². The molecule has 1 unspecified atom stereocenters. The molecule has 16 heavy (non-hydrogen) atoms. The van der Waals surface area contributed by atoms with E-state index in [0.717, 1.165) is 24.9 Å². The van der Waals surface area contributed by atoms with Crippen LogP contribution in [-0.2, 0) is 9.53 Å². The molecule has 1 atom stereocenters. The van der Waals surface area contributed by atoms with Crippen molar-refractivity contribution in [1.82, 2.24) is 4.90 Å². The molecule has 3 nitrogen and oxygen atoms in total. The van der Waals surface area contributed by atoms with Crippen LogP contribution in [0.1, 0.15) is 27.2 Å². The van der Waals surface area contributed by atoms with E-state index in [9.17, 15) is 4.79 Å². The second kappa shape index (κ2) is 5.92. The zero-order chi connectivity index (χ0) is 12.2. The van der Waals surface area contributed by atoms with Crippen LogP contribution >= 0.6 is 11.8 Å². The SMILES string of the molecule is CCC1CN(CC(C)(C)C(=O)OC)CCS1. The van der Waals surface area contributed by atoms with Crippen LogP contribution < -0.4 is 0 Å². The van der Waals surface area contributed by atoms with Crippen molar-refractivity contribution in [3.63, 3.8) is 0 Å². The molecule has 0 N–H and O–H groups in total. The van der Waals surface area contributed by atoms with E-state index in [2.05, 4.69) is 11.8 Å². The summed E-state index contributed by atoms with van der Waals surface area (Å²) in [5.41, 5.74) is -0.394. The summed E-state index contributed by atoms with van der Waals surface area (Å²) in [6, 6.07) is 0. The molecule has 1 aliphatic heterocycles. The Morgan fingerprint density at radius 2 is 2.25 bits per heavy atom. The minimum Gasteiger partial charge on any atom is -0.469 e. The minimum atomic E-state index is -0.394.